The normalized spacial score (nSPS) is 10.4. The zero-order valence-electron chi connectivity index (χ0n) is 10.5. The van der Waals surface area contributed by atoms with E-state index in [1.807, 2.05) is 24.3 Å². The molecule has 0 aromatic heterocycles. The summed E-state index contributed by atoms with van der Waals surface area (Å²) in [6.45, 7) is 3.56. The van der Waals surface area contributed by atoms with E-state index in [1.54, 1.807) is 6.07 Å². The Hall–Kier alpha value is -1.96. The zero-order chi connectivity index (χ0) is 13.1. The number of hydrogen-bond acceptors (Lipinski definition) is 1. The molecule has 0 aliphatic heterocycles. The molecule has 1 nitrogen and oxygen atoms in total. The highest BCUT2D eigenvalue weighted by Gasteiger charge is 2.08. The van der Waals surface area contributed by atoms with Crippen LogP contribution >= 0.6 is 0 Å². The van der Waals surface area contributed by atoms with Crippen molar-refractivity contribution in [1.82, 2.24) is 0 Å². The van der Waals surface area contributed by atoms with E-state index in [0.717, 1.165) is 12.0 Å². The van der Waals surface area contributed by atoms with Crippen molar-refractivity contribution in [3.05, 3.63) is 59.4 Å². The van der Waals surface area contributed by atoms with Crippen molar-refractivity contribution in [2.24, 2.45) is 0 Å². The van der Waals surface area contributed by atoms with Gasteiger partial charge in [-0.3, -0.25) is 4.79 Å². The topological polar surface area (TPSA) is 17.1 Å². The van der Waals surface area contributed by atoms with Crippen LogP contribution in [0.3, 0.4) is 0 Å². The second-order valence-corrected chi connectivity index (χ2v) is 4.30. The lowest BCUT2D eigenvalue weighted by Gasteiger charge is -2.06. The van der Waals surface area contributed by atoms with Crippen LogP contribution in [0.4, 0.5) is 4.39 Å². The van der Waals surface area contributed by atoms with Crippen LogP contribution in [0.15, 0.2) is 42.5 Å². The summed E-state index contributed by atoms with van der Waals surface area (Å²) in [4.78, 5) is 11.3. The van der Waals surface area contributed by atoms with Crippen molar-refractivity contribution in [2.45, 2.75) is 20.3 Å². The number of rotatable bonds is 3. The fourth-order valence-corrected chi connectivity index (χ4v) is 1.89. The summed E-state index contributed by atoms with van der Waals surface area (Å²) in [5.41, 5.74) is 3.02. The largest absolute Gasteiger partial charge is 0.295 e. The van der Waals surface area contributed by atoms with Crippen molar-refractivity contribution >= 4 is 5.78 Å². The highest BCUT2D eigenvalue weighted by atomic mass is 19.1. The summed E-state index contributed by atoms with van der Waals surface area (Å²) in [6.07, 6.45) is 0.955. The third kappa shape index (κ3) is 2.48. The first-order chi connectivity index (χ1) is 8.61. The molecule has 2 aromatic carbocycles. The van der Waals surface area contributed by atoms with Crippen LogP contribution in [-0.4, -0.2) is 5.78 Å². The van der Waals surface area contributed by atoms with Gasteiger partial charge in [-0.1, -0.05) is 31.2 Å². The van der Waals surface area contributed by atoms with E-state index in [1.165, 1.54) is 24.6 Å². The van der Waals surface area contributed by atoms with Gasteiger partial charge in [-0.25, -0.2) is 4.39 Å². The Balaban J connectivity index is 2.48. The highest BCUT2D eigenvalue weighted by molar-refractivity contribution is 5.95. The first-order valence-corrected chi connectivity index (χ1v) is 6.01. The third-order valence-corrected chi connectivity index (χ3v) is 3.05. The quantitative estimate of drug-likeness (QED) is 0.735. The summed E-state index contributed by atoms with van der Waals surface area (Å²) >= 11 is 0. The Labute approximate surface area is 106 Å². The average Bonchev–Trinajstić information content (AvgIpc) is 2.39. The lowest BCUT2D eigenvalue weighted by Crippen LogP contribution is -1.94. The van der Waals surface area contributed by atoms with Crippen molar-refractivity contribution in [3.63, 3.8) is 0 Å². The zero-order valence-corrected chi connectivity index (χ0v) is 10.5. The first kappa shape index (κ1) is 12.5. The molecule has 2 rings (SSSR count). The van der Waals surface area contributed by atoms with Crippen LogP contribution in [0.2, 0.25) is 0 Å². The predicted molar refractivity (Wildman–Crippen MR) is 71.2 cm³/mol. The maximum absolute atomic E-state index is 13.8. The Bertz CT molecular complexity index is 570. The van der Waals surface area contributed by atoms with Crippen molar-refractivity contribution in [2.75, 3.05) is 0 Å². The van der Waals surface area contributed by atoms with Gasteiger partial charge in [0.05, 0.1) is 0 Å². The minimum Gasteiger partial charge on any atom is -0.295 e. The Kier molecular flexibility index (Phi) is 3.56. The summed E-state index contributed by atoms with van der Waals surface area (Å²) in [6, 6.07) is 12.2. The van der Waals surface area contributed by atoms with Gasteiger partial charge in [0.25, 0.3) is 0 Å². The molecule has 0 amide bonds. The standard InChI is InChI=1S/C16H15FO/c1-3-12-4-6-13(7-5-12)15-10-14(11(2)18)8-9-16(15)17/h4-10H,3H2,1-2H3. The lowest BCUT2D eigenvalue weighted by atomic mass is 9.99. The number of carbonyl (C=O) groups excluding carboxylic acids is 1. The monoisotopic (exact) mass is 242 g/mol. The first-order valence-electron chi connectivity index (χ1n) is 6.01. The number of carbonyl (C=O) groups is 1. The molecule has 0 fully saturated rings. The van der Waals surface area contributed by atoms with Crippen LogP contribution in [-0.2, 0) is 6.42 Å². The van der Waals surface area contributed by atoms with Crippen molar-refractivity contribution in [1.29, 1.82) is 0 Å². The molecular weight excluding hydrogens is 227 g/mol. The minimum atomic E-state index is -0.302. The number of halogens is 1. The van der Waals surface area contributed by atoms with Gasteiger partial charge in [-0.2, -0.15) is 0 Å². The number of Topliss-reactive ketones (excluding diaryl/α,β-unsaturated/α-hetero) is 1. The molecule has 0 aliphatic rings. The van der Waals surface area contributed by atoms with Crippen LogP contribution in [0.5, 0.6) is 0 Å². The summed E-state index contributed by atoms with van der Waals surface area (Å²) in [5.74, 6) is -0.356. The van der Waals surface area contributed by atoms with Crippen LogP contribution < -0.4 is 0 Å². The van der Waals surface area contributed by atoms with Crippen molar-refractivity contribution in [3.8, 4) is 11.1 Å². The van der Waals surface area contributed by atoms with Gasteiger partial charge >= 0.3 is 0 Å². The number of ketones is 1. The molecule has 0 aliphatic carbocycles. The van der Waals surface area contributed by atoms with Gasteiger partial charge < -0.3 is 0 Å². The van der Waals surface area contributed by atoms with E-state index in [2.05, 4.69) is 6.92 Å². The summed E-state index contributed by atoms with van der Waals surface area (Å²) in [7, 11) is 0. The SMILES string of the molecule is CCc1ccc(-c2cc(C(C)=O)ccc2F)cc1. The van der Waals surface area contributed by atoms with Crippen molar-refractivity contribution < 1.29 is 9.18 Å². The molecular formula is C16H15FO. The molecule has 92 valence electrons. The Morgan fingerprint density at radius 2 is 1.78 bits per heavy atom. The molecule has 0 saturated heterocycles. The molecule has 0 unspecified atom stereocenters. The van der Waals surface area contributed by atoms with Gasteiger partial charge in [0.15, 0.2) is 5.78 Å². The van der Waals surface area contributed by atoms with Gasteiger partial charge in [0.1, 0.15) is 5.82 Å². The van der Waals surface area contributed by atoms with E-state index < -0.39 is 0 Å². The third-order valence-electron chi connectivity index (χ3n) is 3.05. The highest BCUT2D eigenvalue weighted by Crippen LogP contribution is 2.24. The van der Waals surface area contributed by atoms with E-state index >= 15 is 0 Å². The number of hydrogen-bond donors (Lipinski definition) is 0. The summed E-state index contributed by atoms with van der Waals surface area (Å²) < 4.78 is 13.8. The second kappa shape index (κ2) is 5.13. The van der Waals surface area contributed by atoms with E-state index in [9.17, 15) is 9.18 Å². The molecule has 0 radical (unpaired) electrons. The van der Waals surface area contributed by atoms with Crippen LogP contribution in [0.25, 0.3) is 11.1 Å². The maximum Gasteiger partial charge on any atom is 0.159 e. The molecule has 2 aromatic rings. The fourth-order valence-electron chi connectivity index (χ4n) is 1.89. The Morgan fingerprint density at radius 1 is 1.11 bits per heavy atom. The second-order valence-electron chi connectivity index (χ2n) is 4.30. The smallest absolute Gasteiger partial charge is 0.159 e. The maximum atomic E-state index is 13.8. The molecule has 0 bridgehead atoms. The molecule has 0 atom stereocenters. The van der Waals surface area contributed by atoms with Gasteiger partial charge in [0, 0.05) is 11.1 Å². The summed E-state index contributed by atoms with van der Waals surface area (Å²) in [5, 5.41) is 0. The molecule has 0 heterocycles. The van der Waals surface area contributed by atoms with Crippen LogP contribution in [0.1, 0.15) is 29.8 Å². The molecule has 0 spiro atoms. The van der Waals surface area contributed by atoms with E-state index in [0.29, 0.717) is 11.1 Å². The molecule has 18 heavy (non-hydrogen) atoms. The number of benzene rings is 2. The Morgan fingerprint density at radius 3 is 2.33 bits per heavy atom. The van der Waals surface area contributed by atoms with E-state index in [4.69, 9.17) is 0 Å². The number of aryl methyl sites for hydroxylation is 1. The molecule has 0 N–H and O–H groups in total. The van der Waals surface area contributed by atoms with Gasteiger partial charge in [-0.05, 0) is 42.7 Å². The van der Waals surface area contributed by atoms with Gasteiger partial charge in [-0.15, -0.1) is 0 Å². The lowest BCUT2D eigenvalue weighted by molar-refractivity contribution is 0.101. The van der Waals surface area contributed by atoms with Gasteiger partial charge in [0.2, 0.25) is 0 Å². The fraction of sp³-hybridized carbons (Fsp3) is 0.188. The van der Waals surface area contributed by atoms with E-state index in [-0.39, 0.29) is 11.6 Å². The average molecular weight is 242 g/mol. The molecule has 2 heteroatoms. The predicted octanol–water partition coefficient (Wildman–Crippen LogP) is 4.26. The molecule has 0 saturated carbocycles. The minimum absolute atomic E-state index is 0.0542. The van der Waals surface area contributed by atoms with Crippen LogP contribution in [0, 0.1) is 5.82 Å².